The van der Waals surface area contributed by atoms with Crippen molar-refractivity contribution < 1.29 is 23.8 Å². The highest BCUT2D eigenvalue weighted by Gasteiger charge is 2.32. The van der Waals surface area contributed by atoms with E-state index in [1.54, 1.807) is 30.5 Å². The molecule has 1 unspecified atom stereocenters. The van der Waals surface area contributed by atoms with Crippen molar-refractivity contribution in [1.82, 2.24) is 14.7 Å². The van der Waals surface area contributed by atoms with Crippen LogP contribution in [0, 0.1) is 0 Å². The zero-order valence-corrected chi connectivity index (χ0v) is 16.6. The first-order valence-corrected chi connectivity index (χ1v) is 10.3. The van der Waals surface area contributed by atoms with Crippen molar-refractivity contribution in [3.63, 3.8) is 0 Å². The maximum Gasteiger partial charge on any atom is 0.256 e. The molecule has 0 bridgehead atoms. The lowest BCUT2D eigenvalue weighted by Crippen LogP contribution is -2.44. The van der Waals surface area contributed by atoms with Crippen LogP contribution in [0.25, 0.3) is 0 Å². The second-order valence-corrected chi connectivity index (χ2v) is 7.74. The molecule has 2 fully saturated rings. The lowest BCUT2D eigenvalue weighted by Gasteiger charge is -2.33. The molecule has 1 atom stereocenters. The third-order valence-electron chi connectivity index (χ3n) is 5.87. The number of rotatable bonds is 4. The van der Waals surface area contributed by atoms with Gasteiger partial charge in [0.15, 0.2) is 11.5 Å². The number of fused-ring (bicyclic) bond motifs is 1. The van der Waals surface area contributed by atoms with E-state index in [1.165, 1.54) is 0 Å². The summed E-state index contributed by atoms with van der Waals surface area (Å²) in [4.78, 5) is 27.2. The number of benzene rings is 1. The third kappa shape index (κ3) is 3.60. The molecular formula is C21H24N4O5. The Labute approximate surface area is 173 Å². The Kier molecular flexibility index (Phi) is 5.04. The summed E-state index contributed by atoms with van der Waals surface area (Å²) in [6.45, 7) is 2.17. The molecular weight excluding hydrogens is 388 g/mol. The van der Waals surface area contributed by atoms with Gasteiger partial charge in [0.1, 0.15) is 11.9 Å². The normalized spacial score (nSPS) is 21.1. The molecule has 0 spiro atoms. The molecule has 2 amide bonds. The van der Waals surface area contributed by atoms with E-state index in [0.29, 0.717) is 42.6 Å². The van der Waals surface area contributed by atoms with Crippen LogP contribution >= 0.6 is 0 Å². The SMILES string of the molecule is O=C(Nc1ccnn1C1CCN(C(=O)C2CCCO2)CC1)c1ccc2c(c1)OCO2. The first kappa shape index (κ1) is 18.9. The van der Waals surface area contributed by atoms with Gasteiger partial charge in [0, 0.05) is 31.3 Å². The van der Waals surface area contributed by atoms with E-state index >= 15 is 0 Å². The van der Waals surface area contributed by atoms with Crippen LogP contribution in [0.3, 0.4) is 0 Å². The predicted molar refractivity (Wildman–Crippen MR) is 107 cm³/mol. The van der Waals surface area contributed by atoms with E-state index in [-0.39, 0.29) is 30.8 Å². The first-order chi connectivity index (χ1) is 14.7. The topological polar surface area (TPSA) is 94.9 Å². The van der Waals surface area contributed by atoms with Gasteiger partial charge in [-0.15, -0.1) is 0 Å². The number of nitrogens with zero attached hydrogens (tertiary/aromatic N) is 3. The molecule has 0 radical (unpaired) electrons. The van der Waals surface area contributed by atoms with Crippen molar-refractivity contribution in [3.8, 4) is 11.5 Å². The van der Waals surface area contributed by atoms with E-state index in [1.807, 2.05) is 9.58 Å². The Morgan fingerprint density at radius 1 is 1.07 bits per heavy atom. The highest BCUT2D eigenvalue weighted by molar-refractivity contribution is 6.04. The van der Waals surface area contributed by atoms with E-state index in [4.69, 9.17) is 14.2 Å². The molecule has 3 aliphatic rings. The number of hydrogen-bond acceptors (Lipinski definition) is 6. The summed E-state index contributed by atoms with van der Waals surface area (Å²) in [5, 5.41) is 7.36. The summed E-state index contributed by atoms with van der Waals surface area (Å²) in [7, 11) is 0. The zero-order valence-electron chi connectivity index (χ0n) is 16.6. The van der Waals surface area contributed by atoms with E-state index in [0.717, 1.165) is 25.7 Å². The number of aromatic nitrogens is 2. The Hall–Kier alpha value is -3.07. The number of nitrogens with one attached hydrogen (secondary N) is 1. The summed E-state index contributed by atoms with van der Waals surface area (Å²) in [5.74, 6) is 1.71. The van der Waals surface area contributed by atoms with Crippen LogP contribution in [-0.2, 0) is 9.53 Å². The molecule has 2 saturated heterocycles. The number of carbonyl (C=O) groups excluding carboxylic acids is 2. The van der Waals surface area contributed by atoms with Gasteiger partial charge in [-0.05, 0) is 43.9 Å². The van der Waals surface area contributed by atoms with Crippen molar-refractivity contribution >= 4 is 17.6 Å². The summed E-state index contributed by atoms with van der Waals surface area (Å²) in [6, 6.07) is 7.02. The summed E-state index contributed by atoms with van der Waals surface area (Å²) in [5.41, 5.74) is 0.490. The van der Waals surface area contributed by atoms with Gasteiger partial charge < -0.3 is 24.4 Å². The highest BCUT2D eigenvalue weighted by Crippen LogP contribution is 2.33. The van der Waals surface area contributed by atoms with Crippen LogP contribution in [0.15, 0.2) is 30.5 Å². The Bertz CT molecular complexity index is 945. The minimum Gasteiger partial charge on any atom is -0.454 e. The average Bonchev–Trinajstić information content (AvgIpc) is 3.54. The molecule has 0 aliphatic carbocycles. The fourth-order valence-electron chi connectivity index (χ4n) is 4.24. The minimum absolute atomic E-state index is 0.0998. The van der Waals surface area contributed by atoms with E-state index in [2.05, 4.69) is 10.4 Å². The Morgan fingerprint density at radius 3 is 2.70 bits per heavy atom. The van der Waals surface area contributed by atoms with E-state index < -0.39 is 0 Å². The number of likely N-dealkylation sites (tertiary alicyclic amines) is 1. The molecule has 5 rings (SSSR count). The number of piperidine rings is 1. The first-order valence-electron chi connectivity index (χ1n) is 10.3. The van der Waals surface area contributed by atoms with Crippen molar-refractivity contribution in [2.24, 2.45) is 0 Å². The molecule has 0 saturated carbocycles. The van der Waals surface area contributed by atoms with Crippen LogP contribution in [0.4, 0.5) is 5.82 Å². The van der Waals surface area contributed by atoms with Gasteiger partial charge in [-0.1, -0.05) is 0 Å². The van der Waals surface area contributed by atoms with Gasteiger partial charge in [-0.2, -0.15) is 5.10 Å². The molecule has 3 aliphatic heterocycles. The Balaban J connectivity index is 1.22. The van der Waals surface area contributed by atoms with Crippen LogP contribution in [0.2, 0.25) is 0 Å². The number of anilines is 1. The molecule has 30 heavy (non-hydrogen) atoms. The van der Waals surface area contributed by atoms with Crippen molar-refractivity contribution in [2.45, 2.75) is 37.8 Å². The van der Waals surface area contributed by atoms with Crippen LogP contribution < -0.4 is 14.8 Å². The number of carbonyl (C=O) groups is 2. The Morgan fingerprint density at radius 2 is 1.90 bits per heavy atom. The molecule has 1 aromatic heterocycles. The minimum atomic E-state index is -0.275. The van der Waals surface area contributed by atoms with E-state index in [9.17, 15) is 9.59 Å². The highest BCUT2D eigenvalue weighted by atomic mass is 16.7. The van der Waals surface area contributed by atoms with Gasteiger partial charge >= 0.3 is 0 Å². The van der Waals surface area contributed by atoms with Crippen LogP contribution in [0.1, 0.15) is 42.1 Å². The standard InChI is InChI=1S/C21H24N4O5/c26-20(14-3-4-16-18(12-14)30-13-29-16)23-19-5-8-22-25(19)15-6-9-24(10-7-15)21(27)17-2-1-11-28-17/h3-5,8,12,15,17H,1-2,6-7,9-11,13H2,(H,23,26). The molecule has 4 heterocycles. The van der Waals surface area contributed by atoms with Gasteiger partial charge in [0.2, 0.25) is 6.79 Å². The third-order valence-corrected chi connectivity index (χ3v) is 5.87. The number of amides is 2. The largest absolute Gasteiger partial charge is 0.454 e. The predicted octanol–water partition coefficient (Wildman–Crippen LogP) is 2.21. The maximum absolute atomic E-state index is 12.7. The lowest BCUT2D eigenvalue weighted by molar-refractivity contribution is -0.142. The van der Waals surface area contributed by atoms with Crippen molar-refractivity contribution in [3.05, 3.63) is 36.0 Å². The average molecular weight is 412 g/mol. The maximum atomic E-state index is 12.7. The molecule has 1 N–H and O–H groups in total. The van der Waals surface area contributed by atoms with Crippen LogP contribution in [0.5, 0.6) is 11.5 Å². The quantitative estimate of drug-likeness (QED) is 0.827. The van der Waals surface area contributed by atoms with Gasteiger partial charge in [-0.3, -0.25) is 9.59 Å². The lowest BCUT2D eigenvalue weighted by atomic mass is 10.0. The van der Waals surface area contributed by atoms with Gasteiger partial charge in [0.25, 0.3) is 11.8 Å². The number of ether oxygens (including phenoxy) is 3. The van der Waals surface area contributed by atoms with Gasteiger partial charge in [-0.25, -0.2) is 4.68 Å². The molecule has 2 aromatic rings. The molecule has 9 heteroatoms. The zero-order chi connectivity index (χ0) is 20.5. The molecule has 9 nitrogen and oxygen atoms in total. The summed E-state index contributed by atoms with van der Waals surface area (Å²) in [6.07, 6.45) is 4.74. The fourth-order valence-corrected chi connectivity index (χ4v) is 4.24. The fraction of sp³-hybridized carbons (Fsp3) is 0.476. The smallest absolute Gasteiger partial charge is 0.256 e. The van der Waals surface area contributed by atoms with Crippen molar-refractivity contribution in [2.75, 3.05) is 31.8 Å². The number of hydrogen-bond donors (Lipinski definition) is 1. The second kappa shape index (κ2) is 7.98. The second-order valence-electron chi connectivity index (χ2n) is 7.74. The molecule has 1 aromatic carbocycles. The summed E-state index contributed by atoms with van der Waals surface area (Å²) < 4.78 is 18.0. The van der Waals surface area contributed by atoms with Crippen LogP contribution in [-0.4, -0.2) is 59.1 Å². The van der Waals surface area contributed by atoms with Crippen molar-refractivity contribution in [1.29, 1.82) is 0 Å². The molecule has 158 valence electrons. The monoisotopic (exact) mass is 412 g/mol. The van der Waals surface area contributed by atoms with Gasteiger partial charge in [0.05, 0.1) is 12.2 Å². The summed E-state index contributed by atoms with van der Waals surface area (Å²) >= 11 is 0.